The number of para-hydroxylation sites is 1. The van der Waals surface area contributed by atoms with Gasteiger partial charge in [0.05, 0.1) is 18.0 Å². The second kappa shape index (κ2) is 9.87. The zero-order valence-electron chi connectivity index (χ0n) is 18.7. The number of carbonyl (C=O) groups excluding carboxylic acids is 1. The van der Waals surface area contributed by atoms with Crippen molar-refractivity contribution in [1.29, 1.82) is 0 Å². The molecule has 0 aliphatic heterocycles. The summed E-state index contributed by atoms with van der Waals surface area (Å²) in [5.74, 6) is 0.454. The van der Waals surface area contributed by atoms with Crippen molar-refractivity contribution in [2.45, 2.75) is 38.1 Å². The summed E-state index contributed by atoms with van der Waals surface area (Å²) in [6.07, 6.45) is 0.685. The van der Waals surface area contributed by atoms with Crippen LogP contribution in [0.5, 0.6) is 5.75 Å². The highest BCUT2D eigenvalue weighted by Gasteiger charge is 2.21. The van der Waals surface area contributed by atoms with E-state index in [1.54, 1.807) is 50.4 Å². The van der Waals surface area contributed by atoms with Crippen molar-refractivity contribution in [3.05, 3.63) is 89.0 Å². The van der Waals surface area contributed by atoms with Crippen molar-refractivity contribution in [2.24, 2.45) is 0 Å². The molecule has 0 bridgehead atoms. The fourth-order valence-corrected chi connectivity index (χ4v) is 4.86. The van der Waals surface area contributed by atoms with Crippen LogP contribution in [-0.4, -0.2) is 21.4 Å². The highest BCUT2D eigenvalue weighted by molar-refractivity contribution is 7.92. The Morgan fingerprint density at radius 3 is 2.31 bits per heavy atom. The minimum atomic E-state index is -3.84. The van der Waals surface area contributed by atoms with Crippen molar-refractivity contribution in [1.82, 2.24) is 5.32 Å². The van der Waals surface area contributed by atoms with Gasteiger partial charge in [0.25, 0.3) is 15.9 Å². The molecular formula is C25H28N2O4S. The van der Waals surface area contributed by atoms with E-state index in [0.717, 1.165) is 16.9 Å². The van der Waals surface area contributed by atoms with Crippen molar-refractivity contribution >= 4 is 21.6 Å². The number of benzene rings is 3. The van der Waals surface area contributed by atoms with E-state index in [9.17, 15) is 13.2 Å². The number of anilines is 1. The molecule has 1 unspecified atom stereocenters. The van der Waals surface area contributed by atoms with Crippen LogP contribution in [0.25, 0.3) is 0 Å². The minimum absolute atomic E-state index is 0.0716. The summed E-state index contributed by atoms with van der Waals surface area (Å²) in [4.78, 5) is 13.1. The summed E-state index contributed by atoms with van der Waals surface area (Å²) < 4.78 is 33.8. The zero-order chi connectivity index (χ0) is 23.3. The fraction of sp³-hybridized carbons (Fsp3) is 0.240. The van der Waals surface area contributed by atoms with Crippen LogP contribution in [0.4, 0.5) is 5.69 Å². The van der Waals surface area contributed by atoms with Crippen molar-refractivity contribution < 1.29 is 17.9 Å². The number of ether oxygens (including phenoxy) is 1. The maximum absolute atomic E-state index is 13.0. The molecule has 2 N–H and O–H groups in total. The molecule has 3 aromatic carbocycles. The number of nitrogens with one attached hydrogen (secondary N) is 2. The standard InChI is InChI=1S/C25H28N2O4S/c1-5-22(19-13-14-23(31-4)18(3)15-19)26-25(28)20-12-11-17(2)24(16-20)32(29,30)27-21-9-7-6-8-10-21/h6-16,22,27H,5H2,1-4H3,(H,26,28). The molecule has 3 aromatic rings. The van der Waals surface area contributed by atoms with Gasteiger partial charge in [-0.15, -0.1) is 0 Å². The van der Waals surface area contributed by atoms with Gasteiger partial charge in [0, 0.05) is 11.3 Å². The molecule has 0 aliphatic rings. The summed E-state index contributed by atoms with van der Waals surface area (Å²) in [7, 11) is -2.22. The molecular weight excluding hydrogens is 424 g/mol. The van der Waals surface area contributed by atoms with E-state index in [4.69, 9.17) is 4.74 Å². The Morgan fingerprint density at radius 2 is 1.69 bits per heavy atom. The predicted octanol–water partition coefficient (Wildman–Crippen LogP) is 4.99. The highest BCUT2D eigenvalue weighted by Crippen LogP contribution is 2.25. The molecule has 0 spiro atoms. The molecule has 1 atom stereocenters. The van der Waals surface area contributed by atoms with Crippen LogP contribution in [0, 0.1) is 13.8 Å². The number of rotatable bonds is 8. The average molecular weight is 453 g/mol. The van der Waals surface area contributed by atoms with Crippen LogP contribution >= 0.6 is 0 Å². The Kier molecular flexibility index (Phi) is 7.20. The maximum atomic E-state index is 13.0. The van der Waals surface area contributed by atoms with Crippen molar-refractivity contribution in [3.63, 3.8) is 0 Å². The summed E-state index contributed by atoms with van der Waals surface area (Å²) in [6, 6.07) is 18.9. The van der Waals surface area contributed by atoms with Gasteiger partial charge in [-0.1, -0.05) is 43.3 Å². The second-order valence-corrected chi connectivity index (χ2v) is 9.27. The molecule has 0 aromatic heterocycles. The summed E-state index contributed by atoms with van der Waals surface area (Å²) in [5.41, 5.74) is 3.25. The number of sulfonamides is 1. The molecule has 3 rings (SSSR count). The molecule has 0 saturated heterocycles. The Bertz CT molecular complexity index is 1210. The number of amides is 1. The monoisotopic (exact) mass is 452 g/mol. The van der Waals surface area contributed by atoms with Gasteiger partial charge < -0.3 is 10.1 Å². The van der Waals surface area contributed by atoms with E-state index in [-0.39, 0.29) is 22.4 Å². The van der Waals surface area contributed by atoms with Crippen LogP contribution in [-0.2, 0) is 10.0 Å². The molecule has 0 saturated carbocycles. The highest BCUT2D eigenvalue weighted by atomic mass is 32.2. The molecule has 0 fully saturated rings. The van der Waals surface area contributed by atoms with Crippen molar-refractivity contribution in [3.8, 4) is 5.75 Å². The van der Waals surface area contributed by atoms with E-state index in [0.29, 0.717) is 17.7 Å². The first kappa shape index (κ1) is 23.3. The van der Waals surface area contributed by atoms with E-state index >= 15 is 0 Å². The van der Waals surface area contributed by atoms with Gasteiger partial charge in [0.15, 0.2) is 0 Å². The summed E-state index contributed by atoms with van der Waals surface area (Å²) >= 11 is 0. The van der Waals surface area contributed by atoms with E-state index in [1.165, 1.54) is 6.07 Å². The molecule has 7 heteroatoms. The molecule has 0 aliphatic carbocycles. The first-order valence-corrected chi connectivity index (χ1v) is 11.9. The lowest BCUT2D eigenvalue weighted by Crippen LogP contribution is -2.28. The number of hydrogen-bond donors (Lipinski definition) is 2. The number of carbonyl (C=O) groups is 1. The lowest BCUT2D eigenvalue weighted by atomic mass is 10.0. The third kappa shape index (κ3) is 5.29. The van der Waals surface area contributed by atoms with Gasteiger partial charge >= 0.3 is 0 Å². The maximum Gasteiger partial charge on any atom is 0.262 e. The van der Waals surface area contributed by atoms with E-state index in [2.05, 4.69) is 10.0 Å². The number of hydrogen-bond acceptors (Lipinski definition) is 4. The van der Waals surface area contributed by atoms with Crippen molar-refractivity contribution in [2.75, 3.05) is 11.8 Å². The van der Waals surface area contributed by atoms with Gasteiger partial charge in [0.2, 0.25) is 0 Å². The minimum Gasteiger partial charge on any atom is -0.496 e. The van der Waals surface area contributed by atoms with E-state index in [1.807, 2.05) is 38.1 Å². The van der Waals surface area contributed by atoms with Crippen LogP contribution in [0.1, 0.15) is 46.4 Å². The van der Waals surface area contributed by atoms with Gasteiger partial charge in [-0.25, -0.2) is 8.42 Å². The average Bonchev–Trinajstić information content (AvgIpc) is 2.77. The lowest BCUT2D eigenvalue weighted by Gasteiger charge is -2.19. The fourth-order valence-electron chi connectivity index (χ4n) is 3.53. The first-order chi connectivity index (χ1) is 15.2. The Hall–Kier alpha value is -3.32. The second-order valence-electron chi connectivity index (χ2n) is 7.62. The Balaban J connectivity index is 1.85. The van der Waals surface area contributed by atoms with Gasteiger partial charge in [0.1, 0.15) is 5.75 Å². The third-order valence-electron chi connectivity index (χ3n) is 5.30. The Labute approximate surface area is 189 Å². The molecule has 0 radical (unpaired) electrons. The van der Waals surface area contributed by atoms with Gasteiger partial charge in [-0.2, -0.15) is 0 Å². The van der Waals surface area contributed by atoms with E-state index < -0.39 is 10.0 Å². The van der Waals surface area contributed by atoms with Crippen LogP contribution in [0.3, 0.4) is 0 Å². The molecule has 1 amide bonds. The normalized spacial score (nSPS) is 12.1. The SMILES string of the molecule is CCC(NC(=O)c1ccc(C)c(S(=O)(=O)Nc2ccccc2)c1)c1ccc(OC)c(C)c1. The third-order valence-corrected chi connectivity index (χ3v) is 6.82. The molecule has 0 heterocycles. The van der Waals surface area contributed by atoms with Gasteiger partial charge in [-0.3, -0.25) is 9.52 Å². The van der Waals surface area contributed by atoms with Gasteiger partial charge in [-0.05, 0) is 67.3 Å². The largest absolute Gasteiger partial charge is 0.496 e. The van der Waals surface area contributed by atoms with Crippen LogP contribution in [0.15, 0.2) is 71.6 Å². The number of methoxy groups -OCH3 is 1. The topological polar surface area (TPSA) is 84.5 Å². The summed E-state index contributed by atoms with van der Waals surface area (Å²) in [5, 5.41) is 3.02. The Morgan fingerprint density at radius 1 is 0.969 bits per heavy atom. The van der Waals surface area contributed by atoms with Crippen LogP contribution < -0.4 is 14.8 Å². The molecule has 6 nitrogen and oxygen atoms in total. The molecule has 168 valence electrons. The summed E-state index contributed by atoms with van der Waals surface area (Å²) in [6.45, 7) is 5.64. The first-order valence-electron chi connectivity index (χ1n) is 10.4. The predicted molar refractivity (Wildman–Crippen MR) is 127 cm³/mol. The van der Waals surface area contributed by atoms with Crippen LogP contribution in [0.2, 0.25) is 0 Å². The smallest absolute Gasteiger partial charge is 0.262 e. The number of aryl methyl sites for hydroxylation is 2. The zero-order valence-corrected chi connectivity index (χ0v) is 19.5. The molecule has 32 heavy (non-hydrogen) atoms. The lowest BCUT2D eigenvalue weighted by molar-refractivity contribution is 0.0935. The quantitative estimate of drug-likeness (QED) is 0.504.